The third-order valence-corrected chi connectivity index (χ3v) is 3.13. The zero-order valence-corrected chi connectivity index (χ0v) is 10.6. The molecule has 0 aliphatic heterocycles. The molecule has 2 aromatic rings. The molecule has 17 heavy (non-hydrogen) atoms. The molecular weight excluding hydrogens is 234 g/mol. The number of nitrogens with zero attached hydrogens (tertiary/aromatic N) is 2. The van der Waals surface area contributed by atoms with Gasteiger partial charge in [-0.2, -0.15) is 4.98 Å². The predicted molar refractivity (Wildman–Crippen MR) is 70.6 cm³/mol. The Morgan fingerprint density at radius 2 is 2.35 bits per heavy atom. The maximum atomic E-state index is 5.59. The molecule has 1 N–H and O–H groups in total. The first-order valence-electron chi connectivity index (χ1n) is 5.27. The molecule has 0 aliphatic rings. The number of rotatable bonds is 4. The lowest BCUT2D eigenvalue weighted by Gasteiger charge is -2.06. The van der Waals surface area contributed by atoms with E-state index in [1.165, 1.54) is 4.88 Å². The molecule has 2 rings (SSSR count). The first-order valence-corrected chi connectivity index (χ1v) is 6.08. The van der Waals surface area contributed by atoms with Crippen molar-refractivity contribution >= 4 is 27.5 Å². The second-order valence-electron chi connectivity index (χ2n) is 3.48. The minimum atomic E-state index is 0.473. The van der Waals surface area contributed by atoms with E-state index in [0.717, 1.165) is 10.2 Å². The Morgan fingerprint density at radius 3 is 3.06 bits per heavy atom. The molecule has 4 nitrogen and oxygen atoms in total. The van der Waals surface area contributed by atoms with E-state index in [4.69, 9.17) is 11.2 Å². The van der Waals surface area contributed by atoms with Gasteiger partial charge in [0.25, 0.3) is 0 Å². The van der Waals surface area contributed by atoms with Gasteiger partial charge in [0.2, 0.25) is 11.8 Å². The zero-order valence-electron chi connectivity index (χ0n) is 9.78. The second kappa shape index (κ2) is 5.02. The summed E-state index contributed by atoms with van der Waals surface area (Å²) in [5.74, 6) is 3.70. The molecule has 0 spiro atoms. The van der Waals surface area contributed by atoms with Crippen molar-refractivity contribution in [1.82, 2.24) is 9.97 Å². The van der Waals surface area contributed by atoms with Crippen molar-refractivity contribution in [2.45, 2.75) is 13.3 Å². The van der Waals surface area contributed by atoms with Gasteiger partial charge in [-0.15, -0.1) is 23.7 Å². The smallest absolute Gasteiger partial charge is 0.227 e. The van der Waals surface area contributed by atoms with Crippen molar-refractivity contribution in [1.29, 1.82) is 0 Å². The molecule has 0 amide bonds. The number of terminal acetylenes is 1. The van der Waals surface area contributed by atoms with Gasteiger partial charge >= 0.3 is 0 Å². The predicted octanol–water partition coefficient (Wildman–Crippen LogP) is 2.44. The summed E-state index contributed by atoms with van der Waals surface area (Å²) in [6.07, 6.45) is 5.77. The van der Waals surface area contributed by atoms with Gasteiger partial charge in [-0.3, -0.25) is 0 Å². The molecule has 0 saturated carbocycles. The van der Waals surface area contributed by atoms with Crippen LogP contribution in [0.15, 0.2) is 6.07 Å². The fourth-order valence-electron chi connectivity index (χ4n) is 1.44. The minimum absolute atomic E-state index is 0.473. The molecule has 0 radical (unpaired) electrons. The summed E-state index contributed by atoms with van der Waals surface area (Å²) >= 11 is 1.62. The summed E-state index contributed by atoms with van der Waals surface area (Å²) in [5.41, 5.74) is 0. The molecule has 0 saturated heterocycles. The zero-order chi connectivity index (χ0) is 12.3. The topological polar surface area (TPSA) is 47.0 Å². The van der Waals surface area contributed by atoms with Crippen molar-refractivity contribution in [3.05, 3.63) is 10.9 Å². The number of aryl methyl sites for hydroxylation is 1. The number of hydrogen-bond donors (Lipinski definition) is 1. The molecule has 88 valence electrons. The Bertz CT molecular complexity index is 571. The number of thiophene rings is 1. The van der Waals surface area contributed by atoms with Gasteiger partial charge in [-0.25, -0.2) is 4.98 Å². The lowest BCUT2D eigenvalue weighted by Crippen LogP contribution is -2.02. The molecular formula is C12H13N3OS. The number of ether oxygens (including phenoxy) is 1. The SMILES string of the molecule is C#CCCOc1nc(NC)nc2sc(C)cc12. The Balaban J connectivity index is 2.40. The molecule has 0 bridgehead atoms. The molecule has 0 unspecified atom stereocenters. The summed E-state index contributed by atoms with van der Waals surface area (Å²) in [6, 6.07) is 2.03. The number of anilines is 1. The van der Waals surface area contributed by atoms with E-state index in [1.54, 1.807) is 18.4 Å². The van der Waals surface area contributed by atoms with Crippen LogP contribution in [-0.2, 0) is 0 Å². The van der Waals surface area contributed by atoms with Gasteiger partial charge in [0.15, 0.2) is 0 Å². The summed E-state index contributed by atoms with van der Waals surface area (Å²) in [5, 5.41) is 3.87. The highest BCUT2D eigenvalue weighted by Gasteiger charge is 2.10. The van der Waals surface area contributed by atoms with Crippen molar-refractivity contribution in [2.24, 2.45) is 0 Å². The van der Waals surface area contributed by atoms with Crippen LogP contribution in [0.3, 0.4) is 0 Å². The number of hydrogen-bond acceptors (Lipinski definition) is 5. The molecule has 0 fully saturated rings. The fourth-order valence-corrected chi connectivity index (χ4v) is 2.31. The van der Waals surface area contributed by atoms with Crippen molar-refractivity contribution < 1.29 is 4.74 Å². The highest BCUT2D eigenvalue weighted by molar-refractivity contribution is 7.18. The Morgan fingerprint density at radius 1 is 1.53 bits per heavy atom. The Kier molecular flexibility index (Phi) is 3.45. The van der Waals surface area contributed by atoms with Crippen molar-refractivity contribution in [2.75, 3.05) is 19.0 Å². The molecule has 2 heterocycles. The number of nitrogens with one attached hydrogen (secondary N) is 1. The van der Waals surface area contributed by atoms with Crippen LogP contribution in [0.5, 0.6) is 5.88 Å². The summed E-state index contributed by atoms with van der Waals surface area (Å²) in [4.78, 5) is 10.8. The van der Waals surface area contributed by atoms with Crippen LogP contribution in [0.2, 0.25) is 0 Å². The van der Waals surface area contributed by atoms with Crippen LogP contribution >= 0.6 is 11.3 Å². The summed E-state index contributed by atoms with van der Waals surface area (Å²) in [7, 11) is 1.78. The van der Waals surface area contributed by atoms with Gasteiger partial charge in [0, 0.05) is 18.3 Å². The van der Waals surface area contributed by atoms with E-state index in [1.807, 2.05) is 13.0 Å². The van der Waals surface area contributed by atoms with E-state index in [0.29, 0.717) is 24.9 Å². The maximum absolute atomic E-state index is 5.59. The van der Waals surface area contributed by atoms with E-state index in [-0.39, 0.29) is 0 Å². The van der Waals surface area contributed by atoms with E-state index >= 15 is 0 Å². The largest absolute Gasteiger partial charge is 0.476 e. The monoisotopic (exact) mass is 247 g/mol. The number of fused-ring (bicyclic) bond motifs is 1. The van der Waals surface area contributed by atoms with Crippen LogP contribution in [0.1, 0.15) is 11.3 Å². The van der Waals surface area contributed by atoms with Gasteiger partial charge in [-0.1, -0.05) is 0 Å². The molecule has 5 heteroatoms. The Hall–Kier alpha value is -1.80. The second-order valence-corrected chi connectivity index (χ2v) is 4.72. The van der Waals surface area contributed by atoms with Crippen molar-refractivity contribution in [3.63, 3.8) is 0 Å². The molecule has 0 atom stereocenters. The molecule has 2 aromatic heterocycles. The Labute approximate surface area is 104 Å². The average molecular weight is 247 g/mol. The van der Waals surface area contributed by atoms with Gasteiger partial charge in [0.1, 0.15) is 11.4 Å². The first kappa shape index (κ1) is 11.7. The lowest BCUT2D eigenvalue weighted by atomic mass is 10.3. The van der Waals surface area contributed by atoms with E-state index in [2.05, 4.69) is 21.2 Å². The lowest BCUT2D eigenvalue weighted by molar-refractivity contribution is 0.319. The van der Waals surface area contributed by atoms with Gasteiger partial charge < -0.3 is 10.1 Å². The van der Waals surface area contributed by atoms with Crippen LogP contribution in [-0.4, -0.2) is 23.6 Å². The maximum Gasteiger partial charge on any atom is 0.227 e. The summed E-state index contributed by atoms with van der Waals surface area (Å²) < 4.78 is 5.59. The van der Waals surface area contributed by atoms with Crippen LogP contribution < -0.4 is 10.1 Å². The number of aromatic nitrogens is 2. The third-order valence-electron chi connectivity index (χ3n) is 2.19. The van der Waals surface area contributed by atoms with Crippen molar-refractivity contribution in [3.8, 4) is 18.2 Å². The van der Waals surface area contributed by atoms with Gasteiger partial charge in [0.05, 0.1) is 5.39 Å². The standard InChI is InChI=1S/C12H13N3OS/c1-4-5-6-16-10-9-7-8(2)17-11(9)15-12(13-3)14-10/h1,7H,5-6H2,2-3H3,(H,13,14,15). The first-order chi connectivity index (χ1) is 8.24. The van der Waals surface area contributed by atoms with Crippen LogP contribution in [0.4, 0.5) is 5.95 Å². The average Bonchev–Trinajstić information content (AvgIpc) is 2.69. The van der Waals surface area contributed by atoms with Crippen LogP contribution in [0.25, 0.3) is 10.2 Å². The molecule has 0 aromatic carbocycles. The van der Waals surface area contributed by atoms with E-state index < -0.39 is 0 Å². The molecule has 0 aliphatic carbocycles. The quantitative estimate of drug-likeness (QED) is 0.666. The third kappa shape index (κ3) is 2.48. The van der Waals surface area contributed by atoms with Crippen LogP contribution in [0, 0.1) is 19.3 Å². The summed E-state index contributed by atoms with van der Waals surface area (Å²) in [6.45, 7) is 2.51. The van der Waals surface area contributed by atoms with Gasteiger partial charge in [-0.05, 0) is 13.0 Å². The minimum Gasteiger partial charge on any atom is -0.476 e. The normalized spacial score (nSPS) is 10.2. The highest BCUT2D eigenvalue weighted by Crippen LogP contribution is 2.30. The highest BCUT2D eigenvalue weighted by atomic mass is 32.1. The fraction of sp³-hybridized carbons (Fsp3) is 0.333. The van der Waals surface area contributed by atoms with E-state index in [9.17, 15) is 0 Å².